The smallest absolute Gasteiger partial charge is 0.387 e. The van der Waals surface area contributed by atoms with Gasteiger partial charge in [-0.1, -0.05) is 54.6 Å². The lowest BCUT2D eigenvalue weighted by molar-refractivity contribution is -0.115. The number of ether oxygens (including phenoxy) is 1. The van der Waals surface area contributed by atoms with E-state index < -0.39 is 6.61 Å². The van der Waals surface area contributed by atoms with Gasteiger partial charge < -0.3 is 10.1 Å². The Morgan fingerprint density at radius 3 is 2.52 bits per heavy atom. The number of halogens is 2. The summed E-state index contributed by atoms with van der Waals surface area (Å²) in [5.74, 6) is 0.368. The Balaban J connectivity index is 1.60. The zero-order chi connectivity index (χ0) is 19.2. The predicted molar refractivity (Wildman–Crippen MR) is 106 cm³/mol. The number of nitrogens with one attached hydrogen (secondary N) is 1. The molecule has 27 heavy (non-hydrogen) atoms. The van der Waals surface area contributed by atoms with Gasteiger partial charge in [0.15, 0.2) is 0 Å². The normalized spacial score (nSPS) is 12.1. The Hall–Kier alpha value is -2.60. The van der Waals surface area contributed by atoms with Crippen LogP contribution in [0.3, 0.4) is 0 Å². The summed E-state index contributed by atoms with van der Waals surface area (Å²) in [6.45, 7) is -1.15. The minimum Gasteiger partial charge on any atom is -0.433 e. The van der Waals surface area contributed by atoms with Crippen LogP contribution in [0.5, 0.6) is 5.75 Å². The van der Waals surface area contributed by atoms with E-state index in [2.05, 4.69) is 34.3 Å². The minimum absolute atomic E-state index is 0.0485. The van der Waals surface area contributed by atoms with E-state index in [0.29, 0.717) is 5.75 Å². The van der Waals surface area contributed by atoms with E-state index in [4.69, 9.17) is 0 Å². The molecule has 0 radical (unpaired) electrons. The topological polar surface area (TPSA) is 38.3 Å². The van der Waals surface area contributed by atoms with Gasteiger partial charge in [-0.25, -0.2) is 0 Å². The van der Waals surface area contributed by atoms with Gasteiger partial charge in [-0.05, 0) is 35.4 Å². The van der Waals surface area contributed by atoms with Crippen molar-refractivity contribution in [2.24, 2.45) is 0 Å². The number of hydrogen-bond acceptors (Lipinski definition) is 3. The molecule has 0 bridgehead atoms. The molecule has 1 amide bonds. The second-order valence-electron chi connectivity index (χ2n) is 6.00. The number of fused-ring (bicyclic) bond motifs is 1. The van der Waals surface area contributed by atoms with Crippen LogP contribution in [-0.2, 0) is 10.5 Å². The van der Waals surface area contributed by atoms with Gasteiger partial charge in [0.25, 0.3) is 0 Å². The van der Waals surface area contributed by atoms with Gasteiger partial charge in [-0.3, -0.25) is 4.79 Å². The Morgan fingerprint density at radius 1 is 1.04 bits per heavy atom. The molecule has 0 aromatic heterocycles. The maximum atomic E-state index is 12.5. The molecule has 140 valence electrons. The van der Waals surface area contributed by atoms with Crippen molar-refractivity contribution >= 4 is 34.1 Å². The highest BCUT2D eigenvalue weighted by Crippen LogP contribution is 2.27. The van der Waals surface area contributed by atoms with Crippen LogP contribution in [0.25, 0.3) is 10.8 Å². The zero-order valence-electron chi connectivity index (χ0n) is 14.7. The third-order valence-corrected chi connectivity index (χ3v) is 5.26. The Kier molecular flexibility index (Phi) is 6.29. The first-order chi connectivity index (χ1) is 13.0. The fraction of sp³-hybridized carbons (Fsp3) is 0.190. The summed E-state index contributed by atoms with van der Waals surface area (Å²) in [6.07, 6.45) is 0. The van der Waals surface area contributed by atoms with Crippen molar-refractivity contribution in [2.45, 2.75) is 24.5 Å². The second-order valence-corrected chi connectivity index (χ2v) is 7.33. The molecule has 3 rings (SSSR count). The molecule has 0 heterocycles. The number of rotatable bonds is 7. The highest BCUT2D eigenvalue weighted by atomic mass is 32.2. The summed E-state index contributed by atoms with van der Waals surface area (Å²) in [6, 6.07) is 20.5. The average Bonchev–Trinajstić information content (AvgIpc) is 2.67. The number of carbonyl (C=O) groups excluding carboxylic acids is 1. The first-order valence-electron chi connectivity index (χ1n) is 8.47. The molecule has 0 aliphatic carbocycles. The molecule has 0 saturated carbocycles. The van der Waals surface area contributed by atoms with Gasteiger partial charge in [0, 0.05) is 5.75 Å². The first-order valence-corrected chi connectivity index (χ1v) is 9.52. The van der Waals surface area contributed by atoms with E-state index in [1.54, 1.807) is 19.1 Å². The van der Waals surface area contributed by atoms with E-state index >= 15 is 0 Å². The Bertz CT molecular complexity index is 933. The first kappa shape index (κ1) is 19.2. The molecule has 3 aromatic carbocycles. The van der Waals surface area contributed by atoms with Gasteiger partial charge >= 0.3 is 6.61 Å². The predicted octanol–water partition coefficient (Wildman–Crippen LogP) is 5.70. The summed E-state index contributed by atoms with van der Waals surface area (Å²) in [7, 11) is 0. The fourth-order valence-electron chi connectivity index (χ4n) is 2.63. The SMILES string of the molecule is CC(SCc1ccc2ccccc2c1)C(=O)Nc1ccccc1OC(F)F. The molecule has 0 aliphatic heterocycles. The molecule has 1 unspecified atom stereocenters. The van der Waals surface area contributed by atoms with Crippen molar-refractivity contribution in [3.63, 3.8) is 0 Å². The summed E-state index contributed by atoms with van der Waals surface area (Å²) >= 11 is 1.48. The maximum absolute atomic E-state index is 12.5. The quantitative estimate of drug-likeness (QED) is 0.565. The number of anilines is 1. The largest absolute Gasteiger partial charge is 0.433 e. The van der Waals surface area contributed by atoms with Gasteiger partial charge in [-0.15, -0.1) is 11.8 Å². The summed E-state index contributed by atoms with van der Waals surface area (Å²) in [5.41, 5.74) is 1.36. The summed E-state index contributed by atoms with van der Waals surface area (Å²) < 4.78 is 29.4. The van der Waals surface area contributed by atoms with Crippen LogP contribution in [0.2, 0.25) is 0 Å². The van der Waals surface area contributed by atoms with Crippen LogP contribution in [0, 0.1) is 0 Å². The Labute approximate surface area is 160 Å². The van der Waals surface area contributed by atoms with Crippen molar-refractivity contribution in [1.29, 1.82) is 0 Å². The van der Waals surface area contributed by atoms with E-state index in [1.807, 2.05) is 18.2 Å². The maximum Gasteiger partial charge on any atom is 0.387 e. The lowest BCUT2D eigenvalue weighted by Crippen LogP contribution is -2.23. The molecule has 0 fully saturated rings. The number of hydrogen-bond donors (Lipinski definition) is 1. The van der Waals surface area contributed by atoms with Crippen molar-refractivity contribution in [3.8, 4) is 5.75 Å². The van der Waals surface area contributed by atoms with Crippen LogP contribution in [0.1, 0.15) is 12.5 Å². The van der Waals surface area contributed by atoms with Crippen LogP contribution in [0.4, 0.5) is 14.5 Å². The molecule has 1 N–H and O–H groups in total. The van der Waals surface area contributed by atoms with Crippen molar-refractivity contribution in [1.82, 2.24) is 0 Å². The van der Waals surface area contributed by atoms with E-state index in [0.717, 1.165) is 10.9 Å². The molecule has 6 heteroatoms. The lowest BCUT2D eigenvalue weighted by Gasteiger charge is -2.15. The molecule has 0 aliphatic rings. The fourth-order valence-corrected chi connectivity index (χ4v) is 3.46. The van der Waals surface area contributed by atoms with E-state index in [-0.39, 0.29) is 22.6 Å². The van der Waals surface area contributed by atoms with Crippen molar-refractivity contribution < 1.29 is 18.3 Å². The van der Waals surface area contributed by atoms with Crippen LogP contribution in [-0.4, -0.2) is 17.8 Å². The van der Waals surface area contributed by atoms with Gasteiger partial charge in [0.1, 0.15) is 5.75 Å². The van der Waals surface area contributed by atoms with Gasteiger partial charge in [0.2, 0.25) is 5.91 Å². The standard InChI is InChI=1S/C21H19F2NO2S/c1-14(20(25)24-18-8-4-5-9-19(18)26-21(22)23)27-13-15-10-11-16-6-2-3-7-17(16)12-15/h2-12,14,21H,13H2,1H3,(H,24,25). The zero-order valence-corrected chi connectivity index (χ0v) is 15.5. The van der Waals surface area contributed by atoms with Gasteiger partial charge in [0.05, 0.1) is 10.9 Å². The summed E-state index contributed by atoms with van der Waals surface area (Å²) in [5, 5.41) is 4.64. The van der Waals surface area contributed by atoms with Crippen LogP contribution >= 0.6 is 11.8 Å². The highest BCUT2D eigenvalue weighted by Gasteiger charge is 2.17. The molecule has 3 nitrogen and oxygen atoms in total. The molecular weight excluding hydrogens is 368 g/mol. The van der Waals surface area contributed by atoms with Crippen LogP contribution in [0.15, 0.2) is 66.7 Å². The monoisotopic (exact) mass is 387 g/mol. The second kappa shape index (κ2) is 8.86. The molecule has 0 spiro atoms. The Morgan fingerprint density at radius 2 is 1.74 bits per heavy atom. The molecule has 3 aromatic rings. The van der Waals surface area contributed by atoms with Crippen molar-refractivity contribution in [2.75, 3.05) is 5.32 Å². The van der Waals surface area contributed by atoms with E-state index in [9.17, 15) is 13.6 Å². The minimum atomic E-state index is -2.94. The average molecular weight is 387 g/mol. The number of amides is 1. The molecule has 0 saturated heterocycles. The molecular formula is C21H19F2NO2S. The number of carbonyl (C=O) groups is 1. The van der Waals surface area contributed by atoms with Crippen LogP contribution < -0.4 is 10.1 Å². The van der Waals surface area contributed by atoms with E-state index in [1.165, 1.54) is 29.3 Å². The van der Waals surface area contributed by atoms with Gasteiger partial charge in [-0.2, -0.15) is 8.78 Å². The lowest BCUT2D eigenvalue weighted by atomic mass is 10.1. The van der Waals surface area contributed by atoms with Crippen molar-refractivity contribution in [3.05, 3.63) is 72.3 Å². The third kappa shape index (κ3) is 5.20. The molecule has 1 atom stereocenters. The number of para-hydroxylation sites is 2. The number of thioether (sulfide) groups is 1. The highest BCUT2D eigenvalue weighted by molar-refractivity contribution is 7.99. The summed E-state index contributed by atoms with van der Waals surface area (Å²) in [4.78, 5) is 12.4. The number of benzene rings is 3. The number of alkyl halides is 2. The third-order valence-electron chi connectivity index (χ3n) is 4.04.